The van der Waals surface area contributed by atoms with Crippen LogP contribution in [0.25, 0.3) is 0 Å². The number of aromatic nitrogens is 6. The summed E-state index contributed by atoms with van der Waals surface area (Å²) in [7, 11) is 3.25. The van der Waals surface area contributed by atoms with Gasteiger partial charge < -0.3 is 25.6 Å². The lowest BCUT2D eigenvalue weighted by Gasteiger charge is -2.05. The van der Waals surface area contributed by atoms with Crippen LogP contribution in [0.4, 0.5) is 0 Å². The van der Waals surface area contributed by atoms with Crippen molar-refractivity contribution in [2.45, 2.75) is 13.1 Å². The van der Waals surface area contributed by atoms with E-state index in [1.165, 1.54) is 6.33 Å². The molecule has 0 aliphatic rings. The van der Waals surface area contributed by atoms with Crippen LogP contribution < -0.4 is 20.5 Å². The van der Waals surface area contributed by atoms with Crippen molar-refractivity contribution in [1.82, 2.24) is 35.7 Å². The molecule has 0 atom stereocenters. The third-order valence-electron chi connectivity index (χ3n) is 4.20. The van der Waals surface area contributed by atoms with E-state index in [1.807, 2.05) is 48.5 Å². The maximum Gasteiger partial charge on any atom is 0.373 e. The molecule has 2 heterocycles. The van der Waals surface area contributed by atoms with Crippen LogP contribution in [0.2, 0.25) is 0 Å². The number of carbonyl (C=O) groups is 2. The second-order valence-corrected chi connectivity index (χ2v) is 6.56. The predicted molar refractivity (Wildman–Crippen MR) is 125 cm³/mol. The van der Waals surface area contributed by atoms with Crippen molar-refractivity contribution in [2.75, 3.05) is 14.2 Å². The number of nitrogens with one attached hydrogen (secondary N) is 3. The zero-order valence-corrected chi connectivity index (χ0v) is 19.1. The van der Waals surface area contributed by atoms with Gasteiger partial charge in [0.1, 0.15) is 24.2 Å². The summed E-state index contributed by atoms with van der Waals surface area (Å²) in [6.45, 7) is 0.980. The molecule has 0 unspecified atom stereocenters. The van der Waals surface area contributed by atoms with Gasteiger partial charge in [-0.15, -0.1) is 0 Å². The Morgan fingerprint density at radius 2 is 1.46 bits per heavy atom. The Balaban J connectivity index is 0.000000204. The van der Waals surface area contributed by atoms with Gasteiger partial charge in [-0.05, 0) is 35.4 Å². The van der Waals surface area contributed by atoms with Crippen molar-refractivity contribution in [3.05, 3.63) is 84.0 Å². The van der Waals surface area contributed by atoms with Gasteiger partial charge in [0, 0.05) is 13.1 Å². The molecule has 35 heavy (non-hydrogen) atoms. The Morgan fingerprint density at radius 3 is 1.91 bits per heavy atom. The van der Waals surface area contributed by atoms with Crippen LogP contribution in [-0.2, 0) is 13.1 Å². The van der Waals surface area contributed by atoms with Gasteiger partial charge in [-0.2, -0.15) is 10.2 Å². The minimum atomic E-state index is -1.09. The third-order valence-corrected chi connectivity index (χ3v) is 4.20. The van der Waals surface area contributed by atoms with Gasteiger partial charge in [-0.3, -0.25) is 15.0 Å². The zero-order valence-electron chi connectivity index (χ0n) is 19.1. The highest BCUT2D eigenvalue weighted by Gasteiger charge is 2.07. The number of aromatic carboxylic acids is 1. The van der Waals surface area contributed by atoms with Crippen LogP contribution in [-0.4, -0.2) is 61.6 Å². The summed E-state index contributed by atoms with van der Waals surface area (Å²) in [6.07, 6.45) is 2.43. The first-order valence-electron chi connectivity index (χ1n) is 10.1. The fourth-order valence-corrected chi connectivity index (χ4v) is 2.47. The van der Waals surface area contributed by atoms with Gasteiger partial charge in [-0.1, -0.05) is 24.3 Å². The number of carboxylic acid groups (broad SMARTS) is 1. The van der Waals surface area contributed by atoms with E-state index in [0.29, 0.717) is 13.1 Å². The lowest BCUT2D eigenvalue weighted by atomic mass is 10.2. The highest BCUT2D eigenvalue weighted by Crippen LogP contribution is 2.12. The van der Waals surface area contributed by atoms with E-state index >= 15 is 0 Å². The Hall–Kier alpha value is -4.78. The summed E-state index contributed by atoms with van der Waals surface area (Å²) in [5.74, 6) is 0.310. The molecule has 0 bridgehead atoms. The van der Waals surface area contributed by atoms with Gasteiger partial charge in [-0.25, -0.2) is 14.8 Å². The Bertz CT molecular complexity index is 1150. The van der Waals surface area contributed by atoms with Gasteiger partial charge in [0.05, 0.1) is 14.2 Å². The minimum Gasteiger partial charge on any atom is -0.497 e. The topological polar surface area (TPSA) is 194 Å². The number of nitrogens with two attached hydrogens (primary N) is 1. The number of ether oxygens (including phenoxy) is 2. The maximum atomic E-state index is 11.6. The number of benzene rings is 2. The SMILES string of the molecule is COc1cccc(CN)c1.COc1cccc(CNC(=O)c2ncn[nH]2)c1.O=C(O)c1ncn[nH]1. The molecule has 0 spiro atoms. The first-order chi connectivity index (χ1) is 17.0. The molecule has 13 heteroatoms. The summed E-state index contributed by atoms with van der Waals surface area (Å²) < 4.78 is 10.1. The molecular weight excluding hydrogens is 456 g/mol. The number of aromatic amines is 2. The molecule has 0 aliphatic carbocycles. The highest BCUT2D eigenvalue weighted by molar-refractivity contribution is 5.90. The molecule has 2 aromatic carbocycles. The lowest BCUT2D eigenvalue weighted by Crippen LogP contribution is -2.23. The normalized spacial score (nSPS) is 9.57. The largest absolute Gasteiger partial charge is 0.497 e. The lowest BCUT2D eigenvalue weighted by molar-refractivity contribution is 0.0683. The second kappa shape index (κ2) is 14.4. The van der Waals surface area contributed by atoms with Crippen molar-refractivity contribution in [3.8, 4) is 11.5 Å². The minimum absolute atomic E-state index is 0.134. The molecule has 0 fully saturated rings. The maximum absolute atomic E-state index is 11.6. The van der Waals surface area contributed by atoms with Crippen molar-refractivity contribution in [1.29, 1.82) is 0 Å². The summed E-state index contributed by atoms with van der Waals surface area (Å²) >= 11 is 0. The van der Waals surface area contributed by atoms with Crippen molar-refractivity contribution < 1.29 is 24.2 Å². The predicted octanol–water partition coefficient (Wildman–Crippen LogP) is 1.40. The van der Waals surface area contributed by atoms with Crippen molar-refractivity contribution >= 4 is 11.9 Å². The van der Waals surface area contributed by atoms with Crippen LogP contribution in [0, 0.1) is 0 Å². The summed E-state index contributed by atoms with van der Waals surface area (Å²) in [5.41, 5.74) is 7.47. The fraction of sp³-hybridized carbons (Fsp3) is 0.182. The molecule has 1 amide bonds. The number of amides is 1. The second-order valence-electron chi connectivity index (χ2n) is 6.56. The van der Waals surface area contributed by atoms with Crippen LogP contribution in [0.15, 0.2) is 61.2 Å². The number of H-pyrrole nitrogens is 2. The average Bonchev–Trinajstić information content (AvgIpc) is 3.63. The highest BCUT2D eigenvalue weighted by atomic mass is 16.5. The smallest absolute Gasteiger partial charge is 0.373 e. The van der Waals surface area contributed by atoms with E-state index in [1.54, 1.807) is 14.2 Å². The Labute approximate surface area is 200 Å². The molecule has 4 rings (SSSR count). The zero-order chi connectivity index (χ0) is 25.5. The third kappa shape index (κ3) is 9.31. The monoisotopic (exact) mass is 482 g/mol. The number of carbonyl (C=O) groups excluding carboxylic acids is 1. The van der Waals surface area contributed by atoms with E-state index in [0.717, 1.165) is 29.0 Å². The molecule has 6 N–H and O–H groups in total. The standard InChI is InChI=1S/C11H12N4O2.C8H11NO.C3H3N3O2/c1-17-9-4-2-3-8(5-9)6-12-11(16)10-13-7-14-15-10;1-10-8-4-2-3-7(5-8)6-9;7-3(8)2-4-1-5-6-2/h2-5,7H,6H2,1H3,(H,12,16)(H,13,14,15);2-5H,6,9H2,1H3;1H,(H,7,8)(H,4,5,6). The van der Waals surface area contributed by atoms with E-state index in [4.69, 9.17) is 20.3 Å². The molecule has 0 radical (unpaired) electrons. The molecular formula is C22H26N8O5. The Morgan fingerprint density at radius 1 is 0.914 bits per heavy atom. The Kier molecular flexibility index (Phi) is 10.9. The molecule has 2 aromatic heterocycles. The van der Waals surface area contributed by atoms with E-state index in [-0.39, 0.29) is 17.6 Å². The summed E-state index contributed by atoms with van der Waals surface area (Å²) in [4.78, 5) is 28.6. The number of hydrogen-bond acceptors (Lipinski definition) is 9. The number of carboxylic acids is 1. The van der Waals surface area contributed by atoms with E-state index < -0.39 is 5.97 Å². The van der Waals surface area contributed by atoms with Gasteiger partial charge in [0.2, 0.25) is 11.6 Å². The molecule has 4 aromatic rings. The van der Waals surface area contributed by atoms with Gasteiger partial charge >= 0.3 is 5.97 Å². The number of nitrogens with zero attached hydrogens (tertiary/aromatic N) is 4. The number of methoxy groups -OCH3 is 2. The van der Waals surface area contributed by atoms with Crippen LogP contribution in [0.1, 0.15) is 32.4 Å². The van der Waals surface area contributed by atoms with Crippen molar-refractivity contribution in [2.24, 2.45) is 5.73 Å². The number of hydrogen-bond donors (Lipinski definition) is 5. The van der Waals surface area contributed by atoms with E-state index in [2.05, 4.69) is 35.7 Å². The van der Waals surface area contributed by atoms with Crippen LogP contribution in [0.5, 0.6) is 11.5 Å². The van der Waals surface area contributed by atoms with Gasteiger partial charge in [0.15, 0.2) is 0 Å². The van der Waals surface area contributed by atoms with Gasteiger partial charge in [0.25, 0.3) is 5.91 Å². The molecule has 13 nitrogen and oxygen atoms in total. The summed E-state index contributed by atoms with van der Waals surface area (Å²) in [6, 6.07) is 15.2. The molecule has 0 saturated heterocycles. The fourth-order valence-electron chi connectivity index (χ4n) is 2.47. The number of rotatable bonds is 7. The first kappa shape index (κ1) is 26.5. The molecule has 184 valence electrons. The quantitative estimate of drug-likeness (QED) is 0.257. The van der Waals surface area contributed by atoms with Crippen LogP contribution in [0.3, 0.4) is 0 Å². The molecule has 0 aliphatic heterocycles. The average molecular weight is 483 g/mol. The molecule has 0 saturated carbocycles. The van der Waals surface area contributed by atoms with E-state index in [9.17, 15) is 9.59 Å². The van der Waals surface area contributed by atoms with Crippen LogP contribution >= 0.6 is 0 Å². The first-order valence-corrected chi connectivity index (χ1v) is 10.1. The van der Waals surface area contributed by atoms with Crippen molar-refractivity contribution in [3.63, 3.8) is 0 Å². The summed E-state index contributed by atoms with van der Waals surface area (Å²) in [5, 5.41) is 22.5.